The molecular weight excluding hydrogens is 282 g/mol. The first-order valence-electron chi connectivity index (χ1n) is 5.85. The zero-order valence-electron chi connectivity index (χ0n) is 10.4. The number of nitrogens with one attached hydrogen (secondary N) is 2. The summed E-state index contributed by atoms with van der Waals surface area (Å²) in [6.07, 6.45) is 0.743. The highest BCUT2D eigenvalue weighted by Gasteiger charge is 2.03. The molecule has 4 nitrogen and oxygen atoms in total. The van der Waals surface area contributed by atoms with Gasteiger partial charge in [-0.05, 0) is 31.2 Å². The van der Waals surface area contributed by atoms with Crippen molar-refractivity contribution in [3.8, 4) is 0 Å². The molecule has 0 spiro atoms. The maximum Gasteiger partial charge on any atom is 0.319 e. The number of aryl methyl sites for hydroxylation is 1. The molecule has 0 fully saturated rings. The summed E-state index contributed by atoms with van der Waals surface area (Å²) >= 11 is 7.38. The maximum absolute atomic E-state index is 11.6. The summed E-state index contributed by atoms with van der Waals surface area (Å²) in [6.45, 7) is 2.52. The molecule has 6 heteroatoms. The van der Waals surface area contributed by atoms with Gasteiger partial charge >= 0.3 is 6.03 Å². The summed E-state index contributed by atoms with van der Waals surface area (Å²) in [5.74, 6) is 0. The van der Waals surface area contributed by atoms with E-state index in [-0.39, 0.29) is 6.03 Å². The summed E-state index contributed by atoms with van der Waals surface area (Å²) in [5, 5.41) is 9.20. The van der Waals surface area contributed by atoms with E-state index in [1.165, 1.54) is 0 Å². The Morgan fingerprint density at radius 3 is 2.74 bits per heavy atom. The number of hydrogen-bond donors (Lipinski definition) is 2. The van der Waals surface area contributed by atoms with Crippen LogP contribution in [0.25, 0.3) is 0 Å². The molecule has 1 heterocycles. The van der Waals surface area contributed by atoms with Crippen LogP contribution < -0.4 is 10.6 Å². The number of hydrogen-bond acceptors (Lipinski definition) is 3. The summed E-state index contributed by atoms with van der Waals surface area (Å²) in [5.41, 5.74) is 1.73. The lowest BCUT2D eigenvalue weighted by Crippen LogP contribution is -2.30. The van der Waals surface area contributed by atoms with Crippen molar-refractivity contribution in [2.24, 2.45) is 0 Å². The van der Waals surface area contributed by atoms with E-state index in [4.69, 9.17) is 11.6 Å². The first-order chi connectivity index (χ1) is 9.13. The van der Waals surface area contributed by atoms with Crippen LogP contribution in [-0.2, 0) is 6.42 Å². The van der Waals surface area contributed by atoms with Crippen LogP contribution in [0.2, 0.25) is 5.02 Å². The third-order valence-corrected chi connectivity index (χ3v) is 3.67. The van der Waals surface area contributed by atoms with Gasteiger partial charge in [-0.2, -0.15) is 0 Å². The number of thiazole rings is 1. The molecule has 0 radical (unpaired) electrons. The Morgan fingerprint density at radius 1 is 1.37 bits per heavy atom. The highest BCUT2D eigenvalue weighted by atomic mass is 35.5. The van der Waals surface area contributed by atoms with Crippen molar-refractivity contribution in [1.29, 1.82) is 0 Å². The molecule has 0 aliphatic heterocycles. The van der Waals surface area contributed by atoms with Crippen molar-refractivity contribution in [3.63, 3.8) is 0 Å². The van der Waals surface area contributed by atoms with Gasteiger partial charge in [-0.1, -0.05) is 11.6 Å². The second-order valence-electron chi connectivity index (χ2n) is 4.02. The van der Waals surface area contributed by atoms with Gasteiger partial charge in [-0.25, -0.2) is 9.78 Å². The Kier molecular flexibility index (Phi) is 4.76. The molecular formula is C13H14ClN3OS. The molecule has 2 aromatic rings. The number of rotatable bonds is 4. The molecule has 0 bridgehead atoms. The highest BCUT2D eigenvalue weighted by Crippen LogP contribution is 2.13. The fraction of sp³-hybridized carbons (Fsp3) is 0.231. The lowest BCUT2D eigenvalue weighted by Gasteiger charge is -2.06. The van der Waals surface area contributed by atoms with Gasteiger partial charge in [0.1, 0.15) is 0 Å². The third kappa shape index (κ3) is 4.54. The fourth-order valence-electron chi connectivity index (χ4n) is 1.51. The summed E-state index contributed by atoms with van der Waals surface area (Å²) in [6, 6.07) is 6.75. The van der Waals surface area contributed by atoms with Crippen molar-refractivity contribution in [2.75, 3.05) is 11.9 Å². The molecule has 1 aromatic carbocycles. The standard InChI is InChI=1S/C13H14ClN3OS/c1-9-8-19-12(16-9)6-7-15-13(18)17-11-4-2-10(14)3-5-11/h2-5,8H,6-7H2,1H3,(H2,15,17,18). The molecule has 19 heavy (non-hydrogen) atoms. The average Bonchev–Trinajstić information content (AvgIpc) is 2.78. The summed E-state index contributed by atoms with van der Waals surface area (Å²) < 4.78 is 0. The van der Waals surface area contributed by atoms with Crippen LogP contribution in [0.4, 0.5) is 10.5 Å². The second-order valence-corrected chi connectivity index (χ2v) is 5.40. The molecule has 0 atom stereocenters. The lowest BCUT2D eigenvalue weighted by molar-refractivity contribution is 0.252. The van der Waals surface area contributed by atoms with E-state index in [2.05, 4.69) is 15.6 Å². The molecule has 2 rings (SSSR count). The van der Waals surface area contributed by atoms with E-state index in [9.17, 15) is 4.79 Å². The lowest BCUT2D eigenvalue weighted by atomic mass is 10.3. The second kappa shape index (κ2) is 6.54. The zero-order chi connectivity index (χ0) is 13.7. The monoisotopic (exact) mass is 295 g/mol. The van der Waals surface area contributed by atoms with Crippen LogP contribution in [0.3, 0.4) is 0 Å². The molecule has 2 N–H and O–H groups in total. The van der Waals surface area contributed by atoms with Gasteiger partial charge in [-0.3, -0.25) is 0 Å². The van der Waals surface area contributed by atoms with E-state index in [1.807, 2.05) is 12.3 Å². The van der Waals surface area contributed by atoms with Gasteiger partial charge in [0, 0.05) is 34.7 Å². The number of carbonyl (C=O) groups is 1. The molecule has 1 aromatic heterocycles. The van der Waals surface area contributed by atoms with Crippen LogP contribution in [0.1, 0.15) is 10.7 Å². The van der Waals surface area contributed by atoms with E-state index in [1.54, 1.807) is 35.6 Å². The Labute approximate surface area is 120 Å². The quantitative estimate of drug-likeness (QED) is 0.907. The summed E-state index contributed by atoms with van der Waals surface area (Å²) in [4.78, 5) is 16.0. The molecule has 0 aliphatic rings. The van der Waals surface area contributed by atoms with Gasteiger partial charge in [0.2, 0.25) is 0 Å². The van der Waals surface area contributed by atoms with Crippen molar-refractivity contribution < 1.29 is 4.79 Å². The van der Waals surface area contributed by atoms with E-state index >= 15 is 0 Å². The number of urea groups is 1. The largest absolute Gasteiger partial charge is 0.337 e. The molecule has 0 unspecified atom stereocenters. The average molecular weight is 296 g/mol. The van der Waals surface area contributed by atoms with E-state index in [0.717, 1.165) is 17.1 Å². The first-order valence-corrected chi connectivity index (χ1v) is 7.10. The number of nitrogens with zero attached hydrogens (tertiary/aromatic N) is 1. The molecule has 0 aliphatic carbocycles. The summed E-state index contributed by atoms with van der Waals surface area (Å²) in [7, 11) is 0. The first kappa shape index (κ1) is 13.8. The Hall–Kier alpha value is -1.59. The maximum atomic E-state index is 11.6. The zero-order valence-corrected chi connectivity index (χ0v) is 12.0. The normalized spacial score (nSPS) is 10.2. The minimum absolute atomic E-state index is 0.226. The Morgan fingerprint density at radius 2 is 2.11 bits per heavy atom. The van der Waals surface area contributed by atoms with Crippen molar-refractivity contribution in [2.45, 2.75) is 13.3 Å². The van der Waals surface area contributed by atoms with Gasteiger partial charge in [0.05, 0.1) is 5.01 Å². The molecule has 100 valence electrons. The fourth-order valence-corrected chi connectivity index (χ4v) is 2.41. The van der Waals surface area contributed by atoms with Crippen LogP contribution in [-0.4, -0.2) is 17.6 Å². The number of benzene rings is 1. The minimum Gasteiger partial charge on any atom is -0.337 e. The van der Waals surface area contributed by atoms with Crippen LogP contribution in [0.5, 0.6) is 0 Å². The molecule has 0 saturated heterocycles. The van der Waals surface area contributed by atoms with Crippen molar-refractivity contribution >= 4 is 34.7 Å². The van der Waals surface area contributed by atoms with Gasteiger partial charge in [0.25, 0.3) is 0 Å². The predicted octanol–water partition coefficient (Wildman–Crippen LogP) is 3.47. The van der Waals surface area contributed by atoms with Crippen LogP contribution in [0, 0.1) is 6.92 Å². The van der Waals surface area contributed by atoms with Crippen molar-refractivity contribution in [3.05, 3.63) is 45.4 Å². The van der Waals surface area contributed by atoms with E-state index in [0.29, 0.717) is 17.3 Å². The smallest absolute Gasteiger partial charge is 0.319 e. The SMILES string of the molecule is Cc1csc(CCNC(=O)Nc2ccc(Cl)cc2)n1. The number of anilines is 1. The van der Waals surface area contributed by atoms with Gasteiger partial charge < -0.3 is 10.6 Å². The minimum atomic E-state index is -0.226. The highest BCUT2D eigenvalue weighted by molar-refractivity contribution is 7.09. The van der Waals surface area contributed by atoms with Gasteiger partial charge in [0.15, 0.2) is 0 Å². The molecule has 0 saturated carbocycles. The number of amides is 2. The van der Waals surface area contributed by atoms with Gasteiger partial charge in [-0.15, -0.1) is 11.3 Å². The van der Waals surface area contributed by atoms with Crippen molar-refractivity contribution in [1.82, 2.24) is 10.3 Å². The Balaban J connectivity index is 1.74. The number of halogens is 1. The number of carbonyl (C=O) groups excluding carboxylic acids is 1. The number of aromatic nitrogens is 1. The Bertz CT molecular complexity index is 553. The predicted molar refractivity (Wildman–Crippen MR) is 79.0 cm³/mol. The van der Waals surface area contributed by atoms with E-state index < -0.39 is 0 Å². The third-order valence-electron chi connectivity index (χ3n) is 2.39. The van der Waals surface area contributed by atoms with Crippen LogP contribution in [0.15, 0.2) is 29.6 Å². The molecule has 2 amide bonds. The van der Waals surface area contributed by atoms with Crippen LogP contribution >= 0.6 is 22.9 Å². The topological polar surface area (TPSA) is 54.0 Å².